The van der Waals surface area contributed by atoms with E-state index in [2.05, 4.69) is 107 Å². The lowest BCUT2D eigenvalue weighted by Crippen LogP contribution is -2.53. The zero-order valence-corrected chi connectivity index (χ0v) is 41.3. The summed E-state index contributed by atoms with van der Waals surface area (Å²) < 4.78 is 22.4. The van der Waals surface area contributed by atoms with Gasteiger partial charge in [-0.05, 0) is 128 Å². The fourth-order valence-electron chi connectivity index (χ4n) is 10.1. The molecule has 346 valence electrons. The van der Waals surface area contributed by atoms with E-state index in [0.717, 1.165) is 116 Å². The summed E-state index contributed by atoms with van der Waals surface area (Å²) in [6.07, 6.45) is 8.75. The Bertz CT molecular complexity index is 2860. The predicted molar refractivity (Wildman–Crippen MR) is 269 cm³/mol. The number of aryl methyl sites for hydroxylation is 3. The summed E-state index contributed by atoms with van der Waals surface area (Å²) >= 11 is 3.63. The predicted octanol–water partition coefficient (Wildman–Crippen LogP) is 8.47. The number of halogens is 1. The standard InChI is InChI=1S/C50H60BrN10O4P/c1-7-34-27-41(55-50-52-29-38(51)48(57-50)54-40-12-11-39-36(10-8-32(3)53-39)47(40)66(5,6)64)45(65-4)28-44(34)60-20-17-35(18-21-60)59-24-22-58(23-25-59)19-16-33-9-13-42-37(26-33)31(2)30-61(42)43-14-15-46(62)56-49(43)63/h8-13,26-30,35,43H,7,14-25H2,1-6H3,(H,56,62,63)(H2,52,54,55,57). The van der Waals surface area contributed by atoms with Crippen LogP contribution in [0.4, 0.5) is 28.8 Å². The van der Waals surface area contributed by atoms with Gasteiger partial charge in [0.05, 0.1) is 28.5 Å². The van der Waals surface area contributed by atoms with Crippen LogP contribution in [-0.4, -0.2) is 113 Å². The maximum atomic E-state index is 13.7. The highest BCUT2D eigenvalue weighted by Gasteiger charge is 2.31. The van der Waals surface area contributed by atoms with E-state index >= 15 is 0 Å². The molecule has 0 radical (unpaired) electrons. The SMILES string of the molecule is CCc1cc(Nc2ncc(Br)c(Nc3ccc4nc(C)ccc4c3P(C)(C)=O)n2)c(OC)cc1N1CCC(N2CCN(CCc3ccc4c(c3)c(C)cn4C3CCC(=O)NC3=O)CC2)CC1. The number of pyridine rings is 1. The van der Waals surface area contributed by atoms with Crippen LogP contribution in [0, 0.1) is 13.8 Å². The van der Waals surface area contributed by atoms with E-state index in [0.29, 0.717) is 40.8 Å². The molecule has 3 aromatic carbocycles. The third-order valence-corrected chi connectivity index (χ3v) is 15.8. The van der Waals surface area contributed by atoms with Gasteiger partial charge in [0.2, 0.25) is 17.8 Å². The minimum atomic E-state index is -2.72. The van der Waals surface area contributed by atoms with Crippen molar-refractivity contribution in [3.63, 3.8) is 0 Å². The van der Waals surface area contributed by atoms with Gasteiger partial charge in [0.1, 0.15) is 24.8 Å². The maximum absolute atomic E-state index is 13.7. The lowest BCUT2D eigenvalue weighted by molar-refractivity contribution is -0.135. The normalized spacial score (nSPS) is 18.0. The maximum Gasteiger partial charge on any atom is 0.249 e. The smallest absolute Gasteiger partial charge is 0.249 e. The van der Waals surface area contributed by atoms with Crippen LogP contribution in [0.5, 0.6) is 5.75 Å². The van der Waals surface area contributed by atoms with Crippen LogP contribution in [-0.2, 0) is 27.0 Å². The number of ether oxygens (including phenoxy) is 1. The van der Waals surface area contributed by atoms with Crippen molar-refractivity contribution in [2.45, 2.75) is 71.4 Å². The van der Waals surface area contributed by atoms with Gasteiger partial charge in [-0.25, -0.2) is 4.98 Å². The van der Waals surface area contributed by atoms with Crippen LogP contribution < -0.4 is 30.9 Å². The number of aromatic nitrogens is 4. The average molecular weight is 976 g/mol. The van der Waals surface area contributed by atoms with Gasteiger partial charge in [-0.3, -0.25) is 24.8 Å². The fraction of sp³-hybridized carbons (Fsp3) is 0.420. The molecule has 1 unspecified atom stereocenters. The van der Waals surface area contributed by atoms with Gasteiger partial charge >= 0.3 is 0 Å². The van der Waals surface area contributed by atoms with E-state index < -0.39 is 7.14 Å². The van der Waals surface area contributed by atoms with Crippen molar-refractivity contribution in [1.29, 1.82) is 0 Å². The van der Waals surface area contributed by atoms with Crippen molar-refractivity contribution in [3.8, 4) is 5.75 Å². The molecule has 3 aromatic heterocycles. The molecular formula is C50H60BrN10O4P. The molecule has 1 atom stereocenters. The Kier molecular flexibility index (Phi) is 13.3. The number of fused-ring (bicyclic) bond motifs is 2. The molecule has 3 fully saturated rings. The Hall–Kier alpha value is -5.34. The lowest BCUT2D eigenvalue weighted by atomic mass is 9.99. The monoisotopic (exact) mass is 974 g/mol. The number of piperazine rings is 1. The highest BCUT2D eigenvalue weighted by Crippen LogP contribution is 2.42. The molecule has 3 aliphatic heterocycles. The number of piperidine rings is 2. The van der Waals surface area contributed by atoms with Gasteiger partial charge < -0.3 is 34.3 Å². The van der Waals surface area contributed by atoms with Gasteiger partial charge in [0.25, 0.3) is 0 Å². The van der Waals surface area contributed by atoms with E-state index in [1.807, 2.05) is 35.8 Å². The summed E-state index contributed by atoms with van der Waals surface area (Å²) in [5.74, 6) is 1.27. The van der Waals surface area contributed by atoms with Crippen molar-refractivity contribution in [1.82, 2.24) is 34.6 Å². The Morgan fingerprint density at radius 2 is 1.68 bits per heavy atom. The number of carbonyl (C=O) groups is 2. The number of nitrogens with zero attached hydrogens (tertiary/aromatic N) is 7. The molecule has 14 nitrogen and oxygen atoms in total. The number of nitrogens with one attached hydrogen (secondary N) is 3. The molecule has 0 aliphatic carbocycles. The summed E-state index contributed by atoms with van der Waals surface area (Å²) in [5.41, 5.74) is 9.17. The molecule has 2 amide bonds. The number of benzene rings is 3. The number of imide groups is 1. The number of hydrogen-bond acceptors (Lipinski definition) is 12. The van der Waals surface area contributed by atoms with Crippen LogP contribution in [0.2, 0.25) is 0 Å². The molecule has 0 spiro atoms. The molecular weight excluding hydrogens is 915 g/mol. The topological polar surface area (TPSA) is 150 Å². The van der Waals surface area contributed by atoms with Crippen LogP contribution in [0.1, 0.15) is 61.0 Å². The number of methoxy groups -OCH3 is 1. The lowest BCUT2D eigenvalue weighted by Gasteiger charge is -2.43. The van der Waals surface area contributed by atoms with Gasteiger partial charge in [0, 0.05) is 110 Å². The Morgan fingerprint density at radius 1 is 0.894 bits per heavy atom. The summed E-state index contributed by atoms with van der Waals surface area (Å²) in [7, 11) is -1.02. The molecule has 3 saturated heterocycles. The first-order valence-corrected chi connectivity index (χ1v) is 26.5. The molecule has 0 bridgehead atoms. The quantitative estimate of drug-likeness (QED) is 0.0753. The largest absolute Gasteiger partial charge is 0.494 e. The number of carbonyl (C=O) groups excluding carboxylic acids is 2. The molecule has 3 aliphatic rings. The summed E-state index contributed by atoms with van der Waals surface area (Å²) in [6, 6.07) is 19.0. The zero-order chi connectivity index (χ0) is 46.3. The van der Waals surface area contributed by atoms with Crippen molar-refractivity contribution >= 4 is 90.8 Å². The molecule has 9 rings (SSSR count). The van der Waals surface area contributed by atoms with Crippen molar-refractivity contribution in [3.05, 3.63) is 93.8 Å². The molecule has 6 heterocycles. The van der Waals surface area contributed by atoms with Crippen LogP contribution >= 0.6 is 23.1 Å². The second kappa shape index (κ2) is 19.1. The third kappa shape index (κ3) is 9.58. The van der Waals surface area contributed by atoms with Crippen molar-refractivity contribution < 1.29 is 18.9 Å². The molecule has 0 saturated carbocycles. The first-order valence-electron chi connectivity index (χ1n) is 23.1. The second-order valence-corrected chi connectivity index (χ2v) is 22.4. The van der Waals surface area contributed by atoms with E-state index in [4.69, 9.17) is 9.72 Å². The minimum absolute atomic E-state index is 0.189. The van der Waals surface area contributed by atoms with E-state index in [-0.39, 0.29) is 17.9 Å². The van der Waals surface area contributed by atoms with Crippen LogP contribution in [0.25, 0.3) is 21.8 Å². The number of anilines is 5. The Balaban J connectivity index is 0.802. The molecule has 3 N–H and O–H groups in total. The number of rotatable bonds is 13. The average Bonchev–Trinajstić information content (AvgIpc) is 3.63. The van der Waals surface area contributed by atoms with E-state index in [1.54, 1.807) is 26.6 Å². The van der Waals surface area contributed by atoms with Crippen molar-refractivity contribution in [2.24, 2.45) is 0 Å². The third-order valence-electron chi connectivity index (χ3n) is 13.6. The number of amides is 2. The first kappa shape index (κ1) is 45.8. The highest BCUT2D eigenvalue weighted by atomic mass is 79.9. The summed E-state index contributed by atoms with van der Waals surface area (Å²) in [5, 5.41) is 12.2. The van der Waals surface area contributed by atoms with E-state index in [1.165, 1.54) is 22.2 Å². The minimum Gasteiger partial charge on any atom is -0.494 e. The van der Waals surface area contributed by atoms with Crippen molar-refractivity contribution in [2.75, 3.05) is 81.8 Å². The first-order chi connectivity index (χ1) is 31.8. The fourth-order valence-corrected chi connectivity index (χ4v) is 11.9. The molecule has 16 heteroatoms. The van der Waals surface area contributed by atoms with Gasteiger partial charge in [0.15, 0.2) is 0 Å². The molecule has 6 aromatic rings. The van der Waals surface area contributed by atoms with Gasteiger partial charge in [-0.1, -0.05) is 19.1 Å². The Labute approximate surface area is 395 Å². The zero-order valence-electron chi connectivity index (χ0n) is 38.8. The van der Waals surface area contributed by atoms with Gasteiger partial charge in [-0.15, -0.1) is 0 Å². The molecule has 66 heavy (non-hydrogen) atoms. The summed E-state index contributed by atoms with van der Waals surface area (Å²) in [6.45, 7) is 17.1. The van der Waals surface area contributed by atoms with E-state index in [9.17, 15) is 14.2 Å². The second-order valence-electron chi connectivity index (χ2n) is 18.4. The number of hydrogen-bond donors (Lipinski definition) is 3. The highest BCUT2D eigenvalue weighted by molar-refractivity contribution is 9.10. The van der Waals surface area contributed by atoms with Crippen LogP contribution in [0.15, 0.2) is 71.5 Å². The summed E-state index contributed by atoms with van der Waals surface area (Å²) in [4.78, 5) is 46.3. The van der Waals surface area contributed by atoms with Gasteiger partial charge in [-0.2, -0.15) is 4.98 Å². The van der Waals surface area contributed by atoms with Crippen LogP contribution in [0.3, 0.4) is 0 Å². The Morgan fingerprint density at radius 3 is 2.41 bits per heavy atom.